The summed E-state index contributed by atoms with van der Waals surface area (Å²) in [4.78, 5) is 14.3. The molecule has 0 atom stereocenters. The van der Waals surface area contributed by atoms with E-state index in [4.69, 9.17) is 14.7 Å². The van der Waals surface area contributed by atoms with E-state index in [9.17, 15) is 0 Å². The zero-order valence-corrected chi connectivity index (χ0v) is 18.0. The molecule has 1 fully saturated rings. The molecule has 0 saturated carbocycles. The maximum absolute atomic E-state index is 5.37. The minimum absolute atomic E-state index is 0.569. The van der Waals surface area contributed by atoms with Crippen molar-refractivity contribution < 1.29 is 4.74 Å². The van der Waals surface area contributed by atoms with Gasteiger partial charge in [-0.3, -0.25) is 0 Å². The second kappa shape index (κ2) is 9.07. The van der Waals surface area contributed by atoms with E-state index < -0.39 is 0 Å². The van der Waals surface area contributed by atoms with Crippen molar-refractivity contribution in [2.24, 2.45) is 4.99 Å². The van der Waals surface area contributed by atoms with Crippen LogP contribution in [0.25, 0.3) is 5.65 Å². The molecule has 7 nitrogen and oxygen atoms in total. The fraction of sp³-hybridized carbons (Fsp3) is 0.391. The maximum atomic E-state index is 5.37. The normalized spacial score (nSPS) is 15.0. The highest BCUT2D eigenvalue weighted by Crippen LogP contribution is 2.22. The Labute approximate surface area is 178 Å². The third kappa shape index (κ3) is 4.35. The predicted octanol–water partition coefficient (Wildman–Crippen LogP) is 2.94. The van der Waals surface area contributed by atoms with Crippen LogP contribution in [-0.4, -0.2) is 60.1 Å². The first-order valence-electron chi connectivity index (χ1n) is 10.5. The SMILES string of the molecule is CCNC(=NCc1cn2c(C)cccc2n1)N1CCN(c2cccc(OC)c2)CC1. The number of aromatic nitrogens is 2. The summed E-state index contributed by atoms with van der Waals surface area (Å²) in [5, 5.41) is 3.44. The summed E-state index contributed by atoms with van der Waals surface area (Å²) in [6.07, 6.45) is 2.08. The fourth-order valence-corrected chi connectivity index (χ4v) is 3.84. The van der Waals surface area contributed by atoms with Gasteiger partial charge in [0.25, 0.3) is 0 Å². The van der Waals surface area contributed by atoms with Gasteiger partial charge in [-0.05, 0) is 38.1 Å². The van der Waals surface area contributed by atoms with Crippen molar-refractivity contribution in [2.45, 2.75) is 20.4 Å². The molecule has 158 valence electrons. The van der Waals surface area contributed by atoms with Crippen LogP contribution in [0.1, 0.15) is 18.3 Å². The van der Waals surface area contributed by atoms with Crippen LogP contribution in [0.15, 0.2) is 53.7 Å². The monoisotopic (exact) mass is 406 g/mol. The van der Waals surface area contributed by atoms with Crippen LogP contribution in [0.3, 0.4) is 0 Å². The van der Waals surface area contributed by atoms with Crippen molar-refractivity contribution in [2.75, 3.05) is 44.7 Å². The van der Waals surface area contributed by atoms with Crippen LogP contribution in [-0.2, 0) is 6.54 Å². The van der Waals surface area contributed by atoms with Gasteiger partial charge in [0, 0.05) is 56.4 Å². The number of hydrogen-bond acceptors (Lipinski definition) is 4. The number of rotatable bonds is 5. The first kappa shape index (κ1) is 20.1. The van der Waals surface area contributed by atoms with Gasteiger partial charge in [-0.1, -0.05) is 12.1 Å². The molecule has 0 spiro atoms. The van der Waals surface area contributed by atoms with Crippen LogP contribution in [0.4, 0.5) is 5.69 Å². The highest BCUT2D eigenvalue weighted by atomic mass is 16.5. The lowest BCUT2D eigenvalue weighted by Gasteiger charge is -2.37. The molecule has 4 rings (SSSR count). The van der Waals surface area contributed by atoms with E-state index in [1.165, 1.54) is 11.4 Å². The van der Waals surface area contributed by atoms with Gasteiger partial charge >= 0.3 is 0 Å². The lowest BCUT2D eigenvalue weighted by Crippen LogP contribution is -2.52. The number of piperazine rings is 1. The number of nitrogens with one attached hydrogen (secondary N) is 1. The number of aliphatic imine (C=N–C) groups is 1. The molecule has 1 aliphatic rings. The number of imidazole rings is 1. The number of hydrogen-bond donors (Lipinski definition) is 1. The summed E-state index contributed by atoms with van der Waals surface area (Å²) in [5.74, 6) is 1.85. The molecule has 0 bridgehead atoms. The Morgan fingerprint density at radius 2 is 1.93 bits per heavy atom. The Kier molecular flexibility index (Phi) is 6.07. The number of anilines is 1. The minimum atomic E-state index is 0.569. The molecule has 2 aromatic heterocycles. The van der Waals surface area contributed by atoms with Crippen molar-refractivity contribution in [3.8, 4) is 5.75 Å². The van der Waals surface area contributed by atoms with Crippen LogP contribution in [0, 0.1) is 6.92 Å². The summed E-state index contributed by atoms with van der Waals surface area (Å²) in [6.45, 7) is 9.36. The number of benzene rings is 1. The van der Waals surface area contributed by atoms with Crippen molar-refractivity contribution >= 4 is 17.3 Å². The zero-order valence-electron chi connectivity index (χ0n) is 18.0. The number of nitrogens with zero attached hydrogens (tertiary/aromatic N) is 5. The van der Waals surface area contributed by atoms with Gasteiger partial charge in [0.15, 0.2) is 5.96 Å². The van der Waals surface area contributed by atoms with Crippen LogP contribution in [0.2, 0.25) is 0 Å². The zero-order chi connectivity index (χ0) is 20.9. The summed E-state index contributed by atoms with van der Waals surface area (Å²) in [5.41, 5.74) is 4.33. The standard InChI is InChI=1S/C23H30N6O/c1-4-24-23(25-16-19-17-29-18(2)7-5-10-22(29)26-19)28-13-11-27(12-14-28)20-8-6-9-21(15-20)30-3/h5-10,15,17H,4,11-14,16H2,1-3H3,(H,24,25). The van der Waals surface area contributed by atoms with E-state index in [0.717, 1.165) is 55.8 Å². The van der Waals surface area contributed by atoms with Crippen LogP contribution < -0.4 is 15.0 Å². The number of guanidine groups is 1. The second-order valence-corrected chi connectivity index (χ2v) is 7.47. The first-order chi connectivity index (χ1) is 14.7. The Hall–Kier alpha value is -3.22. The number of pyridine rings is 1. The lowest BCUT2D eigenvalue weighted by molar-refractivity contribution is 0.372. The maximum Gasteiger partial charge on any atom is 0.194 e. The quantitative estimate of drug-likeness (QED) is 0.522. The summed E-state index contributed by atoms with van der Waals surface area (Å²) in [7, 11) is 1.71. The van der Waals surface area contributed by atoms with Gasteiger partial charge in [0.05, 0.1) is 19.3 Å². The van der Waals surface area contributed by atoms with E-state index >= 15 is 0 Å². The first-order valence-corrected chi connectivity index (χ1v) is 10.5. The molecule has 3 heterocycles. The van der Waals surface area contributed by atoms with E-state index in [0.29, 0.717) is 6.54 Å². The van der Waals surface area contributed by atoms with Gasteiger partial charge in [0.1, 0.15) is 11.4 Å². The molecular weight excluding hydrogens is 376 g/mol. The average Bonchev–Trinajstić information content (AvgIpc) is 3.21. The highest BCUT2D eigenvalue weighted by Gasteiger charge is 2.20. The largest absolute Gasteiger partial charge is 0.497 e. The number of ether oxygens (including phenoxy) is 1. The number of aryl methyl sites for hydroxylation is 1. The number of fused-ring (bicyclic) bond motifs is 1. The molecule has 30 heavy (non-hydrogen) atoms. The number of methoxy groups -OCH3 is 1. The molecule has 0 amide bonds. The summed E-state index contributed by atoms with van der Waals surface area (Å²) < 4.78 is 7.48. The molecule has 1 aromatic carbocycles. The summed E-state index contributed by atoms with van der Waals surface area (Å²) in [6, 6.07) is 14.4. The molecule has 0 unspecified atom stereocenters. The van der Waals surface area contributed by atoms with Gasteiger partial charge < -0.3 is 24.3 Å². The third-order valence-corrected chi connectivity index (χ3v) is 5.47. The molecule has 0 aliphatic carbocycles. The van der Waals surface area contributed by atoms with Crippen molar-refractivity contribution in [3.05, 3.63) is 60.0 Å². The van der Waals surface area contributed by atoms with Gasteiger partial charge in [-0.15, -0.1) is 0 Å². The highest BCUT2D eigenvalue weighted by molar-refractivity contribution is 5.80. The Balaban J connectivity index is 1.43. The minimum Gasteiger partial charge on any atom is -0.497 e. The molecule has 0 radical (unpaired) electrons. The Bertz CT molecular complexity index is 1020. The molecule has 3 aromatic rings. The molecule has 1 N–H and O–H groups in total. The lowest BCUT2D eigenvalue weighted by atomic mass is 10.2. The van der Waals surface area contributed by atoms with Crippen LogP contribution >= 0.6 is 0 Å². The van der Waals surface area contributed by atoms with Crippen molar-refractivity contribution in [1.82, 2.24) is 19.6 Å². The summed E-state index contributed by atoms with van der Waals surface area (Å²) >= 11 is 0. The van der Waals surface area contributed by atoms with Crippen molar-refractivity contribution in [3.63, 3.8) is 0 Å². The average molecular weight is 407 g/mol. The van der Waals surface area contributed by atoms with E-state index in [2.05, 4.69) is 57.8 Å². The third-order valence-electron chi connectivity index (χ3n) is 5.47. The van der Waals surface area contributed by atoms with E-state index in [1.54, 1.807) is 7.11 Å². The van der Waals surface area contributed by atoms with Gasteiger partial charge in [-0.2, -0.15) is 0 Å². The second-order valence-electron chi connectivity index (χ2n) is 7.47. The van der Waals surface area contributed by atoms with E-state index in [1.807, 2.05) is 24.3 Å². The van der Waals surface area contributed by atoms with Crippen molar-refractivity contribution in [1.29, 1.82) is 0 Å². The van der Waals surface area contributed by atoms with E-state index in [-0.39, 0.29) is 0 Å². The fourth-order valence-electron chi connectivity index (χ4n) is 3.84. The smallest absolute Gasteiger partial charge is 0.194 e. The van der Waals surface area contributed by atoms with Crippen LogP contribution in [0.5, 0.6) is 5.75 Å². The van der Waals surface area contributed by atoms with Gasteiger partial charge in [0.2, 0.25) is 0 Å². The molecule has 7 heteroatoms. The Morgan fingerprint density at radius 1 is 1.13 bits per heavy atom. The molecule has 1 saturated heterocycles. The topological polar surface area (TPSA) is 57.4 Å². The molecular formula is C23H30N6O. The van der Waals surface area contributed by atoms with Gasteiger partial charge in [-0.25, -0.2) is 9.98 Å². The Morgan fingerprint density at radius 3 is 2.67 bits per heavy atom. The molecule has 1 aliphatic heterocycles. The predicted molar refractivity (Wildman–Crippen MR) is 122 cm³/mol.